The number of carbonyl (C=O) groups is 1. The third-order valence-corrected chi connectivity index (χ3v) is 7.47. The van der Waals surface area contributed by atoms with Crippen LogP contribution in [0.4, 0.5) is 0 Å². The number of sulfonamides is 1. The van der Waals surface area contributed by atoms with Crippen molar-refractivity contribution in [3.05, 3.63) is 107 Å². The Bertz CT molecular complexity index is 1260. The van der Waals surface area contributed by atoms with Crippen LogP contribution in [0.2, 0.25) is 5.02 Å². The summed E-state index contributed by atoms with van der Waals surface area (Å²) in [7, 11) is -2.42. The molecule has 8 heteroatoms. The van der Waals surface area contributed by atoms with Crippen molar-refractivity contribution in [2.75, 3.05) is 7.11 Å². The van der Waals surface area contributed by atoms with Gasteiger partial charge in [0.25, 0.3) is 10.0 Å². The summed E-state index contributed by atoms with van der Waals surface area (Å²) in [4.78, 5) is 12.5. The molecule has 0 saturated carbocycles. The third-order valence-electron chi connectivity index (χ3n) is 5.35. The first kappa shape index (κ1) is 22.9. The van der Waals surface area contributed by atoms with E-state index in [0.717, 1.165) is 11.1 Å². The van der Waals surface area contributed by atoms with Gasteiger partial charge in [-0.2, -0.15) is 0 Å². The molecule has 0 N–H and O–H groups in total. The van der Waals surface area contributed by atoms with Crippen LogP contribution in [0.15, 0.2) is 95.5 Å². The summed E-state index contributed by atoms with van der Waals surface area (Å²) in [5.74, 6) is -0.0505. The number of nitrogens with zero attached hydrogens (tertiary/aromatic N) is 1. The molecular formula is C25H22ClNO5S. The molecule has 0 radical (unpaired) electrons. The zero-order valence-electron chi connectivity index (χ0n) is 17.8. The van der Waals surface area contributed by atoms with Crippen LogP contribution in [-0.2, 0) is 26.2 Å². The Kier molecular flexibility index (Phi) is 6.72. The lowest BCUT2D eigenvalue weighted by molar-refractivity contribution is -0.139. The van der Waals surface area contributed by atoms with E-state index in [4.69, 9.17) is 21.1 Å². The Morgan fingerprint density at radius 3 is 2.33 bits per heavy atom. The predicted molar refractivity (Wildman–Crippen MR) is 125 cm³/mol. The van der Waals surface area contributed by atoms with Crippen LogP contribution in [0.3, 0.4) is 0 Å². The van der Waals surface area contributed by atoms with Gasteiger partial charge in [-0.25, -0.2) is 13.2 Å². The first-order valence-corrected chi connectivity index (χ1v) is 12.1. The fourth-order valence-corrected chi connectivity index (χ4v) is 5.41. The Balaban J connectivity index is 1.61. The Labute approximate surface area is 198 Å². The third kappa shape index (κ3) is 5.05. The molecule has 0 bridgehead atoms. The largest absolute Gasteiger partial charge is 0.497 e. The molecule has 1 fully saturated rings. The second-order valence-corrected chi connectivity index (χ2v) is 9.73. The van der Waals surface area contributed by atoms with Crippen molar-refractivity contribution in [2.24, 2.45) is 0 Å². The van der Waals surface area contributed by atoms with Crippen LogP contribution < -0.4 is 4.74 Å². The maximum absolute atomic E-state index is 13.5. The van der Waals surface area contributed by atoms with Gasteiger partial charge in [-0.15, -0.1) is 0 Å². The first-order chi connectivity index (χ1) is 15.9. The highest BCUT2D eigenvalue weighted by Gasteiger charge is 2.43. The Hall–Kier alpha value is -3.29. The normalized spacial score (nSPS) is 16.8. The molecule has 0 amide bonds. The van der Waals surface area contributed by atoms with Crippen LogP contribution in [-0.4, -0.2) is 25.8 Å². The topological polar surface area (TPSA) is 72.9 Å². The summed E-state index contributed by atoms with van der Waals surface area (Å²) in [5.41, 5.74) is 2.00. The molecule has 3 aromatic carbocycles. The molecule has 1 aliphatic rings. The number of methoxy groups -OCH3 is 1. The van der Waals surface area contributed by atoms with Crippen molar-refractivity contribution in [3.8, 4) is 5.75 Å². The molecule has 1 atom stereocenters. The van der Waals surface area contributed by atoms with Crippen molar-refractivity contribution in [1.29, 1.82) is 0 Å². The lowest BCUT2D eigenvalue weighted by Gasteiger charge is -2.44. The van der Waals surface area contributed by atoms with E-state index in [2.05, 4.69) is 0 Å². The van der Waals surface area contributed by atoms with Crippen LogP contribution in [0.5, 0.6) is 5.75 Å². The molecule has 0 spiro atoms. The first-order valence-electron chi connectivity index (χ1n) is 10.2. The van der Waals surface area contributed by atoms with Crippen molar-refractivity contribution in [1.82, 2.24) is 4.31 Å². The highest BCUT2D eigenvalue weighted by atomic mass is 35.5. The second kappa shape index (κ2) is 9.68. The maximum atomic E-state index is 13.5. The second-order valence-electron chi connectivity index (χ2n) is 7.48. The molecule has 1 aliphatic heterocycles. The molecule has 6 nitrogen and oxygen atoms in total. The summed E-state index contributed by atoms with van der Waals surface area (Å²) in [6.45, 7) is 0.106. The van der Waals surface area contributed by atoms with E-state index in [1.165, 1.54) is 29.6 Å². The fraction of sp³-hybridized carbons (Fsp3) is 0.160. The van der Waals surface area contributed by atoms with Crippen LogP contribution in [0.25, 0.3) is 0 Å². The molecule has 0 unspecified atom stereocenters. The molecule has 0 aliphatic carbocycles. The SMILES string of the molecule is COc1ccc(S(=O)(=O)N2/C(=C/C(=O)OCc3ccccc3)C[C@@H]2c2ccc(Cl)cc2)cc1. The molecule has 1 heterocycles. The minimum atomic E-state index is -3.93. The number of halogens is 1. The molecular weight excluding hydrogens is 462 g/mol. The van der Waals surface area contributed by atoms with Gasteiger partial charge in [-0.1, -0.05) is 54.1 Å². The van der Waals surface area contributed by atoms with Gasteiger partial charge in [0.05, 0.1) is 18.0 Å². The molecule has 1 saturated heterocycles. The van der Waals surface area contributed by atoms with E-state index in [1.54, 1.807) is 36.4 Å². The number of hydrogen-bond donors (Lipinski definition) is 0. The van der Waals surface area contributed by atoms with Gasteiger partial charge in [-0.3, -0.25) is 4.31 Å². The summed E-state index contributed by atoms with van der Waals surface area (Å²) in [6.07, 6.45) is 1.62. The van der Waals surface area contributed by atoms with E-state index in [1.807, 2.05) is 30.3 Å². The Morgan fingerprint density at radius 1 is 1.03 bits per heavy atom. The molecule has 33 heavy (non-hydrogen) atoms. The minimum absolute atomic E-state index is 0.102. The zero-order chi connectivity index (χ0) is 23.4. The van der Waals surface area contributed by atoms with Gasteiger partial charge in [0, 0.05) is 23.2 Å². The van der Waals surface area contributed by atoms with E-state index < -0.39 is 22.0 Å². The summed E-state index contributed by atoms with van der Waals surface area (Å²) < 4.78 is 38.7. The monoisotopic (exact) mass is 483 g/mol. The van der Waals surface area contributed by atoms with E-state index in [-0.39, 0.29) is 11.5 Å². The number of ether oxygens (including phenoxy) is 2. The van der Waals surface area contributed by atoms with Gasteiger partial charge in [0.1, 0.15) is 12.4 Å². The minimum Gasteiger partial charge on any atom is -0.497 e. The number of benzene rings is 3. The Morgan fingerprint density at radius 2 is 1.70 bits per heavy atom. The lowest BCUT2D eigenvalue weighted by atomic mass is 9.94. The predicted octanol–water partition coefficient (Wildman–Crippen LogP) is 5.11. The summed E-state index contributed by atoms with van der Waals surface area (Å²) in [5, 5.41) is 0.558. The number of esters is 1. The lowest BCUT2D eigenvalue weighted by Crippen LogP contribution is -2.43. The average Bonchev–Trinajstić information content (AvgIpc) is 2.81. The molecule has 4 rings (SSSR count). The maximum Gasteiger partial charge on any atom is 0.332 e. The molecule has 3 aromatic rings. The number of carbonyl (C=O) groups excluding carboxylic acids is 1. The van der Waals surface area contributed by atoms with Gasteiger partial charge < -0.3 is 9.47 Å². The highest BCUT2D eigenvalue weighted by molar-refractivity contribution is 7.89. The van der Waals surface area contributed by atoms with Crippen molar-refractivity contribution >= 4 is 27.6 Å². The van der Waals surface area contributed by atoms with Crippen LogP contribution >= 0.6 is 11.6 Å². The smallest absolute Gasteiger partial charge is 0.332 e. The van der Waals surface area contributed by atoms with Crippen LogP contribution in [0, 0.1) is 0 Å². The summed E-state index contributed by atoms with van der Waals surface area (Å²) in [6, 6.07) is 22.0. The van der Waals surface area contributed by atoms with Crippen molar-refractivity contribution in [2.45, 2.75) is 24.0 Å². The highest BCUT2D eigenvalue weighted by Crippen LogP contribution is 2.46. The van der Waals surface area contributed by atoms with E-state index >= 15 is 0 Å². The average molecular weight is 484 g/mol. The van der Waals surface area contributed by atoms with E-state index in [0.29, 0.717) is 22.9 Å². The van der Waals surface area contributed by atoms with E-state index in [9.17, 15) is 13.2 Å². The molecule has 0 aromatic heterocycles. The summed E-state index contributed by atoms with van der Waals surface area (Å²) >= 11 is 5.99. The standard InChI is InChI=1S/C25H22ClNO5S/c1-31-22-11-13-23(14-12-22)33(29,30)27-21(15-24(27)19-7-9-20(26)10-8-19)16-25(28)32-17-18-5-3-2-4-6-18/h2-14,16,24H,15,17H2,1H3/b21-16+/t24-/m1/s1. The van der Waals surface area contributed by atoms with Crippen molar-refractivity contribution < 1.29 is 22.7 Å². The molecule has 170 valence electrons. The fourth-order valence-electron chi connectivity index (χ4n) is 3.61. The van der Waals surface area contributed by atoms with Gasteiger partial charge in [0.2, 0.25) is 0 Å². The van der Waals surface area contributed by atoms with Gasteiger partial charge >= 0.3 is 5.97 Å². The zero-order valence-corrected chi connectivity index (χ0v) is 19.4. The number of hydrogen-bond acceptors (Lipinski definition) is 5. The van der Waals surface area contributed by atoms with Gasteiger partial charge in [0.15, 0.2) is 0 Å². The quantitative estimate of drug-likeness (QED) is 0.345. The number of rotatable bonds is 7. The van der Waals surface area contributed by atoms with Crippen molar-refractivity contribution in [3.63, 3.8) is 0 Å². The van der Waals surface area contributed by atoms with Crippen LogP contribution in [0.1, 0.15) is 23.6 Å². The van der Waals surface area contributed by atoms with Gasteiger partial charge in [-0.05, 0) is 47.5 Å².